The fourth-order valence-corrected chi connectivity index (χ4v) is 4.43. The molecule has 70 valence electrons. The molecule has 2 aliphatic heterocycles. The average Bonchev–Trinajstić information content (AvgIpc) is 2.11. The van der Waals surface area contributed by atoms with Crippen molar-refractivity contribution in [2.75, 3.05) is 18.3 Å². The molecule has 2 aliphatic rings. The predicted octanol–water partition coefficient (Wildman–Crippen LogP) is -0.0635. The van der Waals surface area contributed by atoms with Gasteiger partial charge in [0.25, 0.3) is 0 Å². The number of rotatable bonds is 0. The maximum absolute atomic E-state index is 11.3. The molecule has 0 N–H and O–H groups in total. The Morgan fingerprint density at radius 3 is 1.92 bits per heavy atom. The molecule has 2 rings (SSSR count). The molecule has 0 aliphatic carbocycles. The van der Waals surface area contributed by atoms with Gasteiger partial charge in [-0.2, -0.15) is 0 Å². The van der Waals surface area contributed by atoms with E-state index >= 15 is 0 Å². The summed E-state index contributed by atoms with van der Waals surface area (Å²) in [6.45, 7) is 3.80. The molecule has 2 heterocycles. The molecule has 5 heteroatoms. The van der Waals surface area contributed by atoms with Gasteiger partial charge in [0, 0.05) is 0 Å². The van der Waals surface area contributed by atoms with Crippen LogP contribution in [-0.2, 0) is 19.3 Å². The van der Waals surface area contributed by atoms with E-state index in [-0.39, 0.29) is 18.3 Å². The number of ether oxygens (including phenoxy) is 2. The minimum Gasteiger partial charge on any atom is -0.345 e. The quantitative estimate of drug-likeness (QED) is 0.539. The fourth-order valence-electron chi connectivity index (χ4n) is 1.87. The summed E-state index contributed by atoms with van der Waals surface area (Å²) in [5, 5.41) is 0. The smallest absolute Gasteiger partial charge is 0.156 e. The highest BCUT2D eigenvalue weighted by molar-refractivity contribution is 7.91. The second kappa shape index (κ2) is 2.02. The highest BCUT2D eigenvalue weighted by Gasteiger charge is 2.61. The topological polar surface area (TPSA) is 52.6 Å². The maximum Gasteiger partial charge on any atom is 0.156 e. The highest BCUT2D eigenvalue weighted by atomic mass is 32.2. The standard InChI is InChI=1S/C7H12O4S/c1-6-3-12(8,9)4-7(6,2)11-5-10-6/h3-5H2,1-2H3. The van der Waals surface area contributed by atoms with Gasteiger partial charge in [0.2, 0.25) is 0 Å². The average molecular weight is 192 g/mol. The summed E-state index contributed by atoms with van der Waals surface area (Å²) in [7, 11) is -2.97. The Bertz CT molecular complexity index is 285. The van der Waals surface area contributed by atoms with Crippen LogP contribution in [0.1, 0.15) is 13.8 Å². The minimum absolute atomic E-state index is 0.0799. The summed E-state index contributed by atoms with van der Waals surface area (Å²) < 4.78 is 33.2. The van der Waals surface area contributed by atoms with Crippen molar-refractivity contribution in [1.82, 2.24) is 0 Å². The van der Waals surface area contributed by atoms with Crippen LogP contribution in [0.2, 0.25) is 0 Å². The molecular formula is C7H12O4S. The molecule has 12 heavy (non-hydrogen) atoms. The lowest BCUT2D eigenvalue weighted by atomic mass is 9.90. The first-order valence-corrected chi connectivity index (χ1v) is 5.67. The van der Waals surface area contributed by atoms with Gasteiger partial charge in [0.05, 0.1) is 11.5 Å². The van der Waals surface area contributed by atoms with Gasteiger partial charge in [-0.25, -0.2) is 8.42 Å². The van der Waals surface area contributed by atoms with Crippen LogP contribution in [0.4, 0.5) is 0 Å². The lowest BCUT2D eigenvalue weighted by molar-refractivity contribution is 0.0122. The number of hydrogen-bond acceptors (Lipinski definition) is 4. The zero-order chi connectivity index (χ0) is 9.04. The van der Waals surface area contributed by atoms with E-state index < -0.39 is 21.0 Å². The van der Waals surface area contributed by atoms with Crippen LogP contribution in [0.15, 0.2) is 0 Å². The van der Waals surface area contributed by atoms with Gasteiger partial charge in [-0.15, -0.1) is 0 Å². The van der Waals surface area contributed by atoms with Gasteiger partial charge in [-0.05, 0) is 13.8 Å². The van der Waals surface area contributed by atoms with Crippen LogP contribution in [-0.4, -0.2) is 37.9 Å². The van der Waals surface area contributed by atoms with Crippen molar-refractivity contribution in [3.8, 4) is 0 Å². The Kier molecular flexibility index (Phi) is 1.43. The Hall–Kier alpha value is -0.130. The van der Waals surface area contributed by atoms with Crippen molar-refractivity contribution in [3.63, 3.8) is 0 Å². The largest absolute Gasteiger partial charge is 0.345 e. The molecule has 0 spiro atoms. The first kappa shape index (κ1) is 8.47. The van der Waals surface area contributed by atoms with Crippen LogP contribution in [0.25, 0.3) is 0 Å². The van der Waals surface area contributed by atoms with Crippen LogP contribution >= 0.6 is 0 Å². The second-order valence-corrected chi connectivity index (χ2v) is 5.96. The first-order chi connectivity index (χ1) is 5.37. The van der Waals surface area contributed by atoms with Crippen molar-refractivity contribution in [1.29, 1.82) is 0 Å². The molecule has 0 aromatic heterocycles. The Labute approximate surface area is 71.8 Å². The van der Waals surface area contributed by atoms with Crippen LogP contribution < -0.4 is 0 Å². The zero-order valence-corrected chi connectivity index (χ0v) is 7.98. The molecule has 2 fully saturated rings. The first-order valence-electron chi connectivity index (χ1n) is 3.85. The Balaban J connectivity index is 2.44. The lowest BCUT2D eigenvalue weighted by Crippen LogP contribution is -2.45. The summed E-state index contributed by atoms with van der Waals surface area (Å²) in [5.41, 5.74) is -1.27. The Morgan fingerprint density at radius 1 is 1.08 bits per heavy atom. The molecule has 2 atom stereocenters. The molecule has 0 radical (unpaired) electrons. The molecule has 2 saturated heterocycles. The molecule has 0 saturated carbocycles. The van der Waals surface area contributed by atoms with Gasteiger partial charge < -0.3 is 9.47 Å². The van der Waals surface area contributed by atoms with E-state index in [9.17, 15) is 8.42 Å². The molecule has 0 aromatic rings. The monoisotopic (exact) mass is 192 g/mol. The lowest BCUT2D eigenvalue weighted by Gasteiger charge is -2.27. The van der Waals surface area contributed by atoms with Gasteiger partial charge >= 0.3 is 0 Å². The van der Waals surface area contributed by atoms with Gasteiger partial charge in [-0.3, -0.25) is 0 Å². The van der Waals surface area contributed by atoms with E-state index in [1.165, 1.54) is 0 Å². The van der Waals surface area contributed by atoms with Crippen molar-refractivity contribution < 1.29 is 17.9 Å². The third-order valence-corrected chi connectivity index (χ3v) is 4.85. The molecule has 0 amide bonds. The summed E-state index contributed by atoms with van der Waals surface area (Å²) in [6, 6.07) is 0. The molecule has 2 unspecified atom stereocenters. The second-order valence-electron chi connectivity index (χ2n) is 3.90. The van der Waals surface area contributed by atoms with Gasteiger partial charge in [0.15, 0.2) is 9.84 Å². The van der Waals surface area contributed by atoms with E-state index in [4.69, 9.17) is 9.47 Å². The molecule has 4 nitrogen and oxygen atoms in total. The van der Waals surface area contributed by atoms with Crippen molar-refractivity contribution in [3.05, 3.63) is 0 Å². The van der Waals surface area contributed by atoms with Gasteiger partial charge in [0.1, 0.15) is 18.0 Å². The Morgan fingerprint density at radius 2 is 1.50 bits per heavy atom. The van der Waals surface area contributed by atoms with Crippen LogP contribution in [0.3, 0.4) is 0 Å². The van der Waals surface area contributed by atoms with Crippen LogP contribution in [0.5, 0.6) is 0 Å². The number of sulfone groups is 1. The number of hydrogen-bond donors (Lipinski definition) is 0. The highest BCUT2D eigenvalue weighted by Crippen LogP contribution is 2.43. The van der Waals surface area contributed by atoms with E-state index in [0.29, 0.717) is 0 Å². The minimum atomic E-state index is -2.97. The van der Waals surface area contributed by atoms with E-state index in [0.717, 1.165) is 0 Å². The summed E-state index contributed by atoms with van der Waals surface area (Å²) >= 11 is 0. The van der Waals surface area contributed by atoms with Crippen LogP contribution in [0, 0.1) is 0 Å². The summed E-state index contributed by atoms with van der Waals surface area (Å²) in [6.07, 6.45) is 0. The summed E-state index contributed by atoms with van der Waals surface area (Å²) in [5.74, 6) is 0.160. The van der Waals surface area contributed by atoms with Gasteiger partial charge in [-0.1, -0.05) is 0 Å². The van der Waals surface area contributed by atoms with Crippen molar-refractivity contribution >= 4 is 9.84 Å². The van der Waals surface area contributed by atoms with Crippen molar-refractivity contribution in [2.45, 2.75) is 25.0 Å². The summed E-state index contributed by atoms with van der Waals surface area (Å²) in [4.78, 5) is 0. The number of fused-ring (bicyclic) bond motifs is 1. The molecular weight excluding hydrogens is 180 g/mol. The van der Waals surface area contributed by atoms with E-state index in [1.807, 2.05) is 0 Å². The SMILES string of the molecule is CC12CS(=O)(=O)CC1(C)OCO2. The molecule has 0 aromatic carbocycles. The van der Waals surface area contributed by atoms with E-state index in [2.05, 4.69) is 0 Å². The maximum atomic E-state index is 11.3. The zero-order valence-electron chi connectivity index (χ0n) is 7.16. The fraction of sp³-hybridized carbons (Fsp3) is 1.00. The third-order valence-electron chi connectivity index (χ3n) is 2.86. The predicted molar refractivity (Wildman–Crippen MR) is 42.5 cm³/mol. The normalized spacial score (nSPS) is 50.8. The van der Waals surface area contributed by atoms with Crippen molar-refractivity contribution in [2.24, 2.45) is 0 Å². The van der Waals surface area contributed by atoms with E-state index in [1.54, 1.807) is 13.8 Å². The molecule has 0 bridgehead atoms. The third kappa shape index (κ3) is 0.932.